The van der Waals surface area contributed by atoms with Crippen molar-refractivity contribution in [1.82, 2.24) is 9.38 Å². The molecule has 0 bridgehead atoms. The number of imidazole rings is 1. The molecule has 2 nitrogen and oxygen atoms in total. The molecule has 0 aliphatic carbocycles. The molecule has 132 valence electrons. The van der Waals surface area contributed by atoms with Gasteiger partial charge in [0.1, 0.15) is 5.65 Å². The molecule has 0 atom stereocenters. The Morgan fingerprint density at radius 3 is 2.07 bits per heavy atom. The van der Waals surface area contributed by atoms with Crippen molar-refractivity contribution in [2.24, 2.45) is 0 Å². The van der Waals surface area contributed by atoms with Gasteiger partial charge < -0.3 is 0 Å². The molecular formula is C25H22N2. The highest BCUT2D eigenvalue weighted by molar-refractivity contribution is 6.07. The molecule has 0 saturated heterocycles. The summed E-state index contributed by atoms with van der Waals surface area (Å²) in [5.41, 5.74) is 7.05. The van der Waals surface area contributed by atoms with E-state index in [4.69, 9.17) is 4.98 Å². The monoisotopic (exact) mass is 350 g/mol. The predicted molar refractivity (Wildman–Crippen MR) is 114 cm³/mol. The maximum atomic E-state index is 5.02. The lowest BCUT2D eigenvalue weighted by Crippen LogP contribution is -2.18. The fraction of sp³-hybridized carbons (Fsp3) is 0.160. The maximum absolute atomic E-state index is 5.02. The Labute approximate surface area is 159 Å². The van der Waals surface area contributed by atoms with Crippen molar-refractivity contribution in [3.05, 3.63) is 84.6 Å². The van der Waals surface area contributed by atoms with Crippen LogP contribution in [0.25, 0.3) is 38.6 Å². The minimum absolute atomic E-state index is 0.0447. The Balaban J connectivity index is 2.13. The minimum Gasteiger partial charge on any atom is -0.295 e. The first kappa shape index (κ1) is 16.1. The average Bonchev–Trinajstić information content (AvgIpc) is 3.06. The third-order valence-electron chi connectivity index (χ3n) is 5.23. The molecular weight excluding hydrogens is 328 g/mol. The van der Waals surface area contributed by atoms with Crippen LogP contribution in [0.2, 0.25) is 0 Å². The van der Waals surface area contributed by atoms with Gasteiger partial charge in [0.25, 0.3) is 0 Å². The van der Waals surface area contributed by atoms with E-state index in [1.54, 1.807) is 0 Å². The van der Waals surface area contributed by atoms with Crippen molar-refractivity contribution in [2.75, 3.05) is 0 Å². The van der Waals surface area contributed by atoms with Gasteiger partial charge in [-0.25, -0.2) is 4.98 Å². The van der Waals surface area contributed by atoms with Crippen LogP contribution in [-0.4, -0.2) is 9.38 Å². The predicted octanol–water partition coefficient (Wildman–Crippen LogP) is 6.61. The lowest BCUT2D eigenvalue weighted by molar-refractivity contribution is 0.566. The van der Waals surface area contributed by atoms with Gasteiger partial charge in [-0.15, -0.1) is 0 Å². The lowest BCUT2D eigenvalue weighted by Gasteiger charge is -2.27. The van der Waals surface area contributed by atoms with Crippen molar-refractivity contribution >= 4 is 27.5 Å². The second-order valence-electron chi connectivity index (χ2n) is 8.14. The van der Waals surface area contributed by atoms with Gasteiger partial charge in [0, 0.05) is 22.1 Å². The van der Waals surface area contributed by atoms with E-state index < -0.39 is 0 Å². The van der Waals surface area contributed by atoms with E-state index in [-0.39, 0.29) is 5.41 Å². The molecule has 0 saturated carbocycles. The summed E-state index contributed by atoms with van der Waals surface area (Å²) in [4.78, 5) is 5.02. The highest BCUT2D eigenvalue weighted by Gasteiger charge is 2.26. The largest absolute Gasteiger partial charge is 0.295 e. The second kappa shape index (κ2) is 5.68. The molecule has 0 N–H and O–H groups in total. The third-order valence-corrected chi connectivity index (χ3v) is 5.23. The highest BCUT2D eigenvalue weighted by atomic mass is 15.0. The number of benzene rings is 3. The van der Waals surface area contributed by atoms with E-state index in [0.717, 1.165) is 11.2 Å². The SMILES string of the molecule is CC(C)(C)c1c(-c2ccccc2)c2ccccc2c2nc3ccccc3n12. The number of hydrogen-bond donors (Lipinski definition) is 0. The number of para-hydroxylation sites is 2. The Morgan fingerprint density at radius 1 is 0.704 bits per heavy atom. The first-order chi connectivity index (χ1) is 13.1. The van der Waals surface area contributed by atoms with Gasteiger partial charge in [-0.1, -0.05) is 87.5 Å². The Hall–Kier alpha value is -3.13. The molecule has 0 aliphatic rings. The summed E-state index contributed by atoms with van der Waals surface area (Å²) in [5, 5.41) is 2.46. The van der Waals surface area contributed by atoms with Crippen LogP contribution in [0, 0.1) is 0 Å². The quantitative estimate of drug-likeness (QED) is 0.333. The second-order valence-corrected chi connectivity index (χ2v) is 8.14. The van der Waals surface area contributed by atoms with Crippen molar-refractivity contribution in [1.29, 1.82) is 0 Å². The van der Waals surface area contributed by atoms with Crippen molar-refractivity contribution in [2.45, 2.75) is 26.2 Å². The van der Waals surface area contributed by atoms with Gasteiger partial charge in [-0.3, -0.25) is 4.40 Å². The fourth-order valence-corrected chi connectivity index (χ4v) is 4.18. The zero-order valence-electron chi connectivity index (χ0n) is 15.9. The van der Waals surface area contributed by atoms with E-state index in [1.807, 2.05) is 0 Å². The van der Waals surface area contributed by atoms with E-state index in [0.29, 0.717) is 0 Å². The molecule has 27 heavy (non-hydrogen) atoms. The van der Waals surface area contributed by atoms with E-state index in [2.05, 4.69) is 104 Å². The number of rotatable bonds is 1. The Morgan fingerprint density at radius 2 is 1.33 bits per heavy atom. The molecule has 5 aromatic rings. The summed E-state index contributed by atoms with van der Waals surface area (Å²) in [6.07, 6.45) is 0. The molecule has 5 rings (SSSR count). The van der Waals surface area contributed by atoms with Gasteiger partial charge in [0.05, 0.1) is 11.0 Å². The third kappa shape index (κ3) is 2.37. The zero-order chi connectivity index (χ0) is 18.6. The minimum atomic E-state index is -0.0447. The molecule has 2 heteroatoms. The van der Waals surface area contributed by atoms with Crippen LogP contribution in [0.4, 0.5) is 0 Å². The number of fused-ring (bicyclic) bond motifs is 5. The van der Waals surface area contributed by atoms with Crippen LogP contribution in [0.5, 0.6) is 0 Å². The van der Waals surface area contributed by atoms with Crippen LogP contribution < -0.4 is 0 Å². The maximum Gasteiger partial charge on any atom is 0.146 e. The number of pyridine rings is 1. The Kier molecular flexibility index (Phi) is 3.38. The summed E-state index contributed by atoms with van der Waals surface area (Å²) < 4.78 is 2.38. The number of nitrogens with zero attached hydrogens (tertiary/aromatic N) is 2. The molecule has 3 aromatic carbocycles. The summed E-state index contributed by atoms with van der Waals surface area (Å²) in [6, 6.07) is 27.8. The van der Waals surface area contributed by atoms with E-state index in [1.165, 1.54) is 33.1 Å². The molecule has 0 amide bonds. The van der Waals surface area contributed by atoms with Crippen molar-refractivity contribution < 1.29 is 0 Å². The van der Waals surface area contributed by atoms with Crippen LogP contribution in [0.15, 0.2) is 78.9 Å². The molecule has 0 radical (unpaired) electrons. The molecule has 0 aliphatic heterocycles. The zero-order valence-corrected chi connectivity index (χ0v) is 15.9. The first-order valence-corrected chi connectivity index (χ1v) is 9.43. The summed E-state index contributed by atoms with van der Waals surface area (Å²) in [5.74, 6) is 0. The topological polar surface area (TPSA) is 17.3 Å². The molecule has 0 unspecified atom stereocenters. The van der Waals surface area contributed by atoms with Crippen LogP contribution >= 0.6 is 0 Å². The molecule has 2 heterocycles. The highest BCUT2D eigenvalue weighted by Crippen LogP contribution is 2.41. The van der Waals surface area contributed by atoms with Gasteiger partial charge in [-0.05, 0) is 23.1 Å². The normalized spacial score (nSPS) is 12.3. The fourth-order valence-electron chi connectivity index (χ4n) is 4.18. The first-order valence-electron chi connectivity index (χ1n) is 9.43. The summed E-state index contributed by atoms with van der Waals surface area (Å²) >= 11 is 0. The van der Waals surface area contributed by atoms with Crippen LogP contribution in [-0.2, 0) is 5.41 Å². The van der Waals surface area contributed by atoms with Gasteiger partial charge >= 0.3 is 0 Å². The van der Waals surface area contributed by atoms with E-state index in [9.17, 15) is 0 Å². The lowest BCUT2D eigenvalue weighted by atomic mass is 9.83. The average molecular weight is 350 g/mol. The van der Waals surface area contributed by atoms with Gasteiger partial charge in [0.15, 0.2) is 0 Å². The van der Waals surface area contributed by atoms with E-state index >= 15 is 0 Å². The van der Waals surface area contributed by atoms with Crippen LogP contribution in [0.3, 0.4) is 0 Å². The standard InChI is InChI=1S/C25H22N2/c1-25(2,3)23-22(17-11-5-4-6-12-17)18-13-7-8-14-19(18)24-26-20-15-9-10-16-21(20)27(23)24/h4-16H,1-3H3. The molecule has 0 spiro atoms. The Bertz CT molecular complexity index is 1290. The van der Waals surface area contributed by atoms with Crippen molar-refractivity contribution in [3.63, 3.8) is 0 Å². The number of aromatic nitrogens is 2. The smallest absolute Gasteiger partial charge is 0.146 e. The van der Waals surface area contributed by atoms with Crippen molar-refractivity contribution in [3.8, 4) is 11.1 Å². The van der Waals surface area contributed by atoms with Gasteiger partial charge in [0.2, 0.25) is 0 Å². The molecule has 2 aromatic heterocycles. The number of hydrogen-bond acceptors (Lipinski definition) is 1. The van der Waals surface area contributed by atoms with Crippen LogP contribution in [0.1, 0.15) is 26.5 Å². The summed E-state index contributed by atoms with van der Waals surface area (Å²) in [6.45, 7) is 6.87. The molecule has 0 fully saturated rings. The summed E-state index contributed by atoms with van der Waals surface area (Å²) in [7, 11) is 0. The van der Waals surface area contributed by atoms with Gasteiger partial charge in [-0.2, -0.15) is 0 Å².